The number of nitrogens with one attached hydrogen (secondary N) is 1. The molecule has 1 heterocycles. The summed E-state index contributed by atoms with van der Waals surface area (Å²) >= 11 is 0. The van der Waals surface area contributed by atoms with Crippen LogP contribution in [-0.2, 0) is 14.3 Å². The molecule has 0 aliphatic heterocycles. The zero-order valence-electron chi connectivity index (χ0n) is 16.3. The third kappa shape index (κ3) is 4.82. The number of carbonyl (C=O) groups excluding carboxylic acids is 3. The molecule has 1 N–H and O–H groups in total. The van der Waals surface area contributed by atoms with Gasteiger partial charge in [0.25, 0.3) is 5.91 Å². The Bertz CT molecular complexity index is 916. The van der Waals surface area contributed by atoms with Gasteiger partial charge in [0, 0.05) is 19.0 Å². The molecule has 152 valence electrons. The normalized spacial score (nSPS) is 15.6. The van der Waals surface area contributed by atoms with E-state index < -0.39 is 18.5 Å². The standard InChI is InChI=1S/C21H24N4O4/c1-24(12-19(26)22-15-9-10-15)20(27)13-29-21(28)18-11-17(14-7-8-14)23-25(18)16-5-3-2-4-6-16/h2-6,11,14-15H,7-10,12-13H2,1H3,(H,22,26). The average Bonchev–Trinajstić information content (AvgIpc) is 3.66. The zero-order chi connectivity index (χ0) is 20.4. The van der Waals surface area contributed by atoms with E-state index in [2.05, 4.69) is 10.4 Å². The summed E-state index contributed by atoms with van der Waals surface area (Å²) in [7, 11) is 1.52. The summed E-state index contributed by atoms with van der Waals surface area (Å²) in [6.07, 6.45) is 4.09. The Balaban J connectivity index is 1.39. The fraction of sp³-hybridized carbons (Fsp3) is 0.429. The van der Waals surface area contributed by atoms with Gasteiger partial charge in [-0.05, 0) is 43.9 Å². The third-order valence-corrected chi connectivity index (χ3v) is 5.01. The molecule has 2 aliphatic carbocycles. The van der Waals surface area contributed by atoms with Gasteiger partial charge in [-0.2, -0.15) is 5.10 Å². The Morgan fingerprint density at radius 2 is 1.90 bits per heavy atom. The van der Waals surface area contributed by atoms with Crippen LogP contribution in [0.15, 0.2) is 36.4 Å². The fourth-order valence-corrected chi connectivity index (χ4v) is 3.01. The van der Waals surface area contributed by atoms with Crippen LogP contribution in [0, 0.1) is 0 Å². The van der Waals surface area contributed by atoms with Crippen molar-refractivity contribution < 1.29 is 19.1 Å². The van der Waals surface area contributed by atoms with E-state index in [9.17, 15) is 14.4 Å². The number of hydrogen-bond donors (Lipinski definition) is 1. The maximum atomic E-state index is 12.7. The predicted molar refractivity (Wildman–Crippen MR) is 105 cm³/mol. The van der Waals surface area contributed by atoms with Gasteiger partial charge >= 0.3 is 5.97 Å². The second-order valence-electron chi connectivity index (χ2n) is 7.64. The number of hydrogen-bond acceptors (Lipinski definition) is 5. The van der Waals surface area contributed by atoms with Gasteiger partial charge in [0.2, 0.25) is 5.91 Å². The largest absolute Gasteiger partial charge is 0.451 e. The van der Waals surface area contributed by atoms with E-state index in [4.69, 9.17) is 4.74 Å². The van der Waals surface area contributed by atoms with Gasteiger partial charge in [-0.15, -0.1) is 0 Å². The number of benzene rings is 1. The predicted octanol–water partition coefficient (Wildman–Crippen LogP) is 1.64. The number of ether oxygens (including phenoxy) is 1. The van der Waals surface area contributed by atoms with Crippen molar-refractivity contribution in [3.8, 4) is 5.69 Å². The smallest absolute Gasteiger partial charge is 0.357 e. The van der Waals surface area contributed by atoms with Crippen LogP contribution >= 0.6 is 0 Å². The first-order chi connectivity index (χ1) is 14.0. The number of esters is 1. The van der Waals surface area contributed by atoms with Crippen molar-refractivity contribution in [2.45, 2.75) is 37.6 Å². The van der Waals surface area contributed by atoms with E-state index in [0.717, 1.165) is 37.1 Å². The van der Waals surface area contributed by atoms with Gasteiger partial charge in [0.05, 0.1) is 17.9 Å². The van der Waals surface area contributed by atoms with Crippen LogP contribution in [0.5, 0.6) is 0 Å². The summed E-state index contributed by atoms with van der Waals surface area (Å²) in [6.45, 7) is -0.481. The Kier molecular flexibility index (Phi) is 5.33. The first kappa shape index (κ1) is 19.2. The van der Waals surface area contributed by atoms with Crippen molar-refractivity contribution >= 4 is 17.8 Å². The molecule has 0 saturated heterocycles. The average molecular weight is 396 g/mol. The highest BCUT2D eigenvalue weighted by Gasteiger charge is 2.30. The molecule has 0 radical (unpaired) electrons. The van der Waals surface area contributed by atoms with Crippen LogP contribution in [-0.4, -0.2) is 58.7 Å². The number of nitrogens with zero attached hydrogens (tertiary/aromatic N) is 3. The molecule has 1 aromatic heterocycles. The highest BCUT2D eigenvalue weighted by Crippen LogP contribution is 2.39. The lowest BCUT2D eigenvalue weighted by Crippen LogP contribution is -2.40. The molecule has 0 atom stereocenters. The maximum Gasteiger partial charge on any atom is 0.357 e. The van der Waals surface area contributed by atoms with E-state index in [1.807, 2.05) is 30.3 Å². The fourth-order valence-electron chi connectivity index (χ4n) is 3.01. The van der Waals surface area contributed by atoms with Gasteiger partial charge in [-0.3, -0.25) is 9.59 Å². The molecule has 8 heteroatoms. The minimum atomic E-state index is -0.613. The van der Waals surface area contributed by atoms with Crippen LogP contribution in [0.2, 0.25) is 0 Å². The Morgan fingerprint density at radius 1 is 1.17 bits per heavy atom. The molecule has 2 aromatic rings. The highest BCUT2D eigenvalue weighted by molar-refractivity contribution is 5.91. The van der Waals surface area contributed by atoms with E-state index in [1.165, 1.54) is 11.9 Å². The summed E-state index contributed by atoms with van der Waals surface area (Å²) in [6, 6.07) is 11.3. The minimum absolute atomic E-state index is 0.0549. The van der Waals surface area contributed by atoms with Crippen LogP contribution in [0.4, 0.5) is 0 Å². The quantitative estimate of drug-likeness (QED) is 0.685. The monoisotopic (exact) mass is 396 g/mol. The molecule has 2 fully saturated rings. The van der Waals surface area contributed by atoms with Crippen molar-refractivity contribution in [1.29, 1.82) is 0 Å². The van der Waals surface area contributed by atoms with Crippen molar-refractivity contribution in [3.63, 3.8) is 0 Å². The van der Waals surface area contributed by atoms with Crippen LogP contribution in [0.25, 0.3) is 5.69 Å². The van der Waals surface area contributed by atoms with Gasteiger partial charge in [0.1, 0.15) is 0 Å². The van der Waals surface area contributed by atoms with Gasteiger partial charge in [-0.1, -0.05) is 18.2 Å². The SMILES string of the molecule is CN(CC(=O)NC1CC1)C(=O)COC(=O)c1cc(C2CC2)nn1-c1ccccc1. The Hall–Kier alpha value is -3.16. The second kappa shape index (κ2) is 8.06. The molecule has 1 aromatic carbocycles. The number of para-hydroxylation sites is 1. The lowest BCUT2D eigenvalue weighted by molar-refractivity contribution is -0.137. The molecule has 2 amide bonds. The van der Waals surface area contributed by atoms with Crippen LogP contribution < -0.4 is 5.32 Å². The molecule has 4 rings (SSSR count). The lowest BCUT2D eigenvalue weighted by Gasteiger charge is -2.16. The van der Waals surface area contributed by atoms with E-state index in [-0.39, 0.29) is 18.5 Å². The van der Waals surface area contributed by atoms with Crippen molar-refractivity contribution in [2.24, 2.45) is 0 Å². The van der Waals surface area contributed by atoms with Crippen LogP contribution in [0.3, 0.4) is 0 Å². The van der Waals surface area contributed by atoms with Gasteiger partial charge in [0.15, 0.2) is 12.3 Å². The molecule has 2 aliphatic rings. The number of rotatable bonds is 8. The highest BCUT2D eigenvalue weighted by atomic mass is 16.5. The molecule has 2 saturated carbocycles. The number of likely N-dealkylation sites (N-methyl/N-ethyl adjacent to an activating group) is 1. The van der Waals surface area contributed by atoms with E-state index >= 15 is 0 Å². The number of amides is 2. The molecule has 29 heavy (non-hydrogen) atoms. The first-order valence-electron chi connectivity index (χ1n) is 9.87. The molecule has 0 unspecified atom stereocenters. The van der Waals surface area contributed by atoms with Crippen molar-refractivity contribution in [1.82, 2.24) is 20.0 Å². The number of carbonyl (C=O) groups is 3. The zero-order valence-corrected chi connectivity index (χ0v) is 16.3. The molecule has 0 spiro atoms. The minimum Gasteiger partial charge on any atom is -0.451 e. The Labute approximate surface area is 168 Å². The third-order valence-electron chi connectivity index (χ3n) is 5.01. The van der Waals surface area contributed by atoms with Gasteiger partial charge in [-0.25, -0.2) is 9.48 Å². The topological polar surface area (TPSA) is 93.5 Å². The van der Waals surface area contributed by atoms with Crippen molar-refractivity contribution in [3.05, 3.63) is 47.8 Å². The maximum absolute atomic E-state index is 12.7. The molecular weight excluding hydrogens is 372 g/mol. The van der Waals surface area contributed by atoms with Crippen molar-refractivity contribution in [2.75, 3.05) is 20.2 Å². The summed E-state index contributed by atoms with van der Waals surface area (Å²) in [5.74, 6) is -0.870. The molecular formula is C21H24N4O4. The first-order valence-corrected chi connectivity index (χ1v) is 9.87. The van der Waals surface area contributed by atoms with E-state index in [1.54, 1.807) is 10.7 Å². The second-order valence-corrected chi connectivity index (χ2v) is 7.64. The van der Waals surface area contributed by atoms with Crippen LogP contribution in [0.1, 0.15) is 47.8 Å². The summed E-state index contributed by atoms with van der Waals surface area (Å²) < 4.78 is 6.80. The van der Waals surface area contributed by atoms with Gasteiger partial charge < -0.3 is 15.0 Å². The Morgan fingerprint density at radius 3 is 2.55 bits per heavy atom. The molecule has 8 nitrogen and oxygen atoms in total. The summed E-state index contributed by atoms with van der Waals surface area (Å²) in [5.41, 5.74) is 1.91. The summed E-state index contributed by atoms with van der Waals surface area (Å²) in [4.78, 5) is 38.0. The molecule has 0 bridgehead atoms. The number of aromatic nitrogens is 2. The van der Waals surface area contributed by atoms with E-state index in [0.29, 0.717) is 11.6 Å². The lowest BCUT2D eigenvalue weighted by atomic mass is 10.2. The summed E-state index contributed by atoms with van der Waals surface area (Å²) in [5, 5.41) is 7.39.